The SMILES string of the molecule is Cc1cc(C=CC(=O)N2CCN(C(=O)Cc3ccccn3)CC2)c(C)n1-c1ccccc1. The van der Waals surface area contributed by atoms with Crippen molar-refractivity contribution in [3.8, 4) is 5.69 Å². The van der Waals surface area contributed by atoms with Crippen molar-refractivity contribution < 1.29 is 9.59 Å². The Morgan fingerprint density at radius 2 is 1.62 bits per heavy atom. The van der Waals surface area contributed by atoms with E-state index in [-0.39, 0.29) is 11.8 Å². The molecule has 1 aromatic carbocycles. The van der Waals surface area contributed by atoms with Gasteiger partial charge >= 0.3 is 0 Å². The largest absolute Gasteiger partial charge is 0.339 e. The normalized spacial score (nSPS) is 14.2. The molecule has 1 aliphatic heterocycles. The molecule has 3 heterocycles. The number of para-hydroxylation sites is 1. The fraction of sp³-hybridized carbons (Fsp3) is 0.269. The molecule has 0 atom stereocenters. The standard InChI is InChI=1S/C26H28N4O2/c1-20-18-22(21(2)30(20)24-9-4-3-5-10-24)11-12-25(31)28-14-16-29(17-15-28)26(32)19-23-8-6-7-13-27-23/h3-13,18H,14-17,19H2,1-2H3. The van der Waals surface area contributed by atoms with Crippen LogP contribution in [0.3, 0.4) is 0 Å². The van der Waals surface area contributed by atoms with Crippen LogP contribution in [0.2, 0.25) is 0 Å². The maximum absolute atomic E-state index is 12.7. The summed E-state index contributed by atoms with van der Waals surface area (Å²) in [6.07, 6.45) is 5.53. The lowest BCUT2D eigenvalue weighted by Crippen LogP contribution is -2.50. The summed E-state index contributed by atoms with van der Waals surface area (Å²) in [6.45, 7) is 6.32. The molecule has 3 aromatic rings. The molecule has 164 valence electrons. The van der Waals surface area contributed by atoms with Crippen LogP contribution in [0.5, 0.6) is 0 Å². The lowest BCUT2D eigenvalue weighted by atomic mass is 10.2. The third kappa shape index (κ3) is 4.80. The second-order valence-corrected chi connectivity index (χ2v) is 8.03. The Labute approximate surface area is 188 Å². The molecule has 32 heavy (non-hydrogen) atoms. The highest BCUT2D eigenvalue weighted by molar-refractivity contribution is 5.92. The van der Waals surface area contributed by atoms with Crippen LogP contribution in [0.15, 0.2) is 66.9 Å². The summed E-state index contributed by atoms with van der Waals surface area (Å²) >= 11 is 0. The van der Waals surface area contributed by atoms with Crippen LogP contribution in [0.1, 0.15) is 22.6 Å². The van der Waals surface area contributed by atoms with Gasteiger partial charge in [-0.05, 0) is 55.8 Å². The van der Waals surface area contributed by atoms with Crippen molar-refractivity contribution in [2.75, 3.05) is 26.2 Å². The average Bonchev–Trinajstić information content (AvgIpc) is 3.11. The van der Waals surface area contributed by atoms with Gasteiger partial charge in [-0.3, -0.25) is 14.6 Å². The molecule has 1 aliphatic rings. The van der Waals surface area contributed by atoms with E-state index >= 15 is 0 Å². The van der Waals surface area contributed by atoms with E-state index in [2.05, 4.69) is 41.6 Å². The van der Waals surface area contributed by atoms with Gasteiger partial charge < -0.3 is 14.4 Å². The Hall–Kier alpha value is -3.67. The van der Waals surface area contributed by atoms with Crippen molar-refractivity contribution in [1.29, 1.82) is 0 Å². The van der Waals surface area contributed by atoms with E-state index in [9.17, 15) is 9.59 Å². The molecule has 6 heteroatoms. The Morgan fingerprint density at radius 3 is 2.31 bits per heavy atom. The summed E-state index contributed by atoms with van der Waals surface area (Å²) in [5, 5.41) is 0. The number of hydrogen-bond donors (Lipinski definition) is 0. The minimum atomic E-state index is -0.0219. The van der Waals surface area contributed by atoms with Crippen molar-refractivity contribution in [2.45, 2.75) is 20.3 Å². The second-order valence-electron chi connectivity index (χ2n) is 8.03. The van der Waals surface area contributed by atoms with E-state index in [0.717, 1.165) is 28.3 Å². The molecule has 0 saturated carbocycles. The topological polar surface area (TPSA) is 58.4 Å². The van der Waals surface area contributed by atoms with Crippen molar-refractivity contribution in [3.05, 3.63) is 89.5 Å². The van der Waals surface area contributed by atoms with Gasteiger partial charge in [0.1, 0.15) is 0 Å². The van der Waals surface area contributed by atoms with E-state index in [4.69, 9.17) is 0 Å². The predicted molar refractivity (Wildman–Crippen MR) is 125 cm³/mol. The van der Waals surface area contributed by atoms with Crippen LogP contribution >= 0.6 is 0 Å². The molecule has 4 rings (SSSR count). The monoisotopic (exact) mass is 428 g/mol. The van der Waals surface area contributed by atoms with E-state index in [1.807, 2.05) is 47.4 Å². The molecule has 6 nitrogen and oxygen atoms in total. The zero-order valence-corrected chi connectivity index (χ0v) is 18.6. The number of amides is 2. The number of carbonyl (C=O) groups excluding carboxylic acids is 2. The van der Waals surface area contributed by atoms with Gasteiger partial charge in [-0.25, -0.2) is 0 Å². The zero-order valence-electron chi connectivity index (χ0n) is 18.6. The van der Waals surface area contributed by atoms with Gasteiger partial charge in [0, 0.05) is 61.2 Å². The van der Waals surface area contributed by atoms with Crippen molar-refractivity contribution in [1.82, 2.24) is 19.4 Å². The Bertz CT molecular complexity index is 1110. The average molecular weight is 429 g/mol. The predicted octanol–water partition coefficient (Wildman–Crippen LogP) is 3.42. The lowest BCUT2D eigenvalue weighted by Gasteiger charge is -2.34. The number of nitrogens with zero attached hydrogens (tertiary/aromatic N) is 4. The van der Waals surface area contributed by atoms with Crippen LogP contribution in [-0.4, -0.2) is 57.3 Å². The van der Waals surface area contributed by atoms with E-state index in [0.29, 0.717) is 32.6 Å². The number of rotatable bonds is 5. The lowest BCUT2D eigenvalue weighted by molar-refractivity contribution is -0.136. The van der Waals surface area contributed by atoms with Gasteiger partial charge in [0.05, 0.1) is 6.42 Å². The molecular formula is C26H28N4O2. The van der Waals surface area contributed by atoms with Gasteiger partial charge in [0.15, 0.2) is 0 Å². The number of pyridine rings is 1. The molecular weight excluding hydrogens is 400 g/mol. The van der Waals surface area contributed by atoms with E-state index in [1.165, 1.54) is 0 Å². The fourth-order valence-electron chi connectivity index (χ4n) is 4.14. The Kier molecular flexibility index (Phi) is 6.50. The smallest absolute Gasteiger partial charge is 0.246 e. The van der Waals surface area contributed by atoms with Gasteiger partial charge in [0.25, 0.3) is 0 Å². The number of aryl methyl sites for hydroxylation is 1. The highest BCUT2D eigenvalue weighted by atomic mass is 16.2. The van der Waals surface area contributed by atoms with Gasteiger partial charge in [0.2, 0.25) is 11.8 Å². The molecule has 0 bridgehead atoms. The second kappa shape index (κ2) is 9.64. The van der Waals surface area contributed by atoms with Crippen molar-refractivity contribution in [2.24, 2.45) is 0 Å². The number of aromatic nitrogens is 2. The number of carbonyl (C=O) groups is 2. The zero-order chi connectivity index (χ0) is 22.5. The summed E-state index contributed by atoms with van der Waals surface area (Å²) in [7, 11) is 0. The molecule has 2 aromatic heterocycles. The summed E-state index contributed by atoms with van der Waals surface area (Å²) < 4.78 is 2.19. The fourth-order valence-corrected chi connectivity index (χ4v) is 4.14. The Morgan fingerprint density at radius 1 is 0.938 bits per heavy atom. The summed E-state index contributed by atoms with van der Waals surface area (Å²) in [5.41, 5.74) is 5.14. The first-order valence-electron chi connectivity index (χ1n) is 10.9. The molecule has 0 spiro atoms. The molecule has 0 N–H and O–H groups in total. The van der Waals surface area contributed by atoms with Crippen LogP contribution in [0, 0.1) is 13.8 Å². The Balaban J connectivity index is 1.35. The highest BCUT2D eigenvalue weighted by Crippen LogP contribution is 2.21. The van der Waals surface area contributed by atoms with Gasteiger partial charge in [-0.15, -0.1) is 0 Å². The minimum absolute atomic E-state index is 0.0219. The van der Waals surface area contributed by atoms with Crippen LogP contribution in [0.4, 0.5) is 0 Å². The first kappa shape index (κ1) is 21.6. The molecule has 0 unspecified atom stereocenters. The van der Waals surface area contributed by atoms with Gasteiger partial charge in [-0.2, -0.15) is 0 Å². The molecule has 1 saturated heterocycles. The maximum atomic E-state index is 12.7. The summed E-state index contributed by atoms with van der Waals surface area (Å²) in [6, 6.07) is 17.9. The van der Waals surface area contributed by atoms with E-state index < -0.39 is 0 Å². The van der Waals surface area contributed by atoms with Crippen LogP contribution in [0.25, 0.3) is 11.8 Å². The highest BCUT2D eigenvalue weighted by Gasteiger charge is 2.23. The number of hydrogen-bond acceptors (Lipinski definition) is 3. The minimum Gasteiger partial charge on any atom is -0.339 e. The third-order valence-electron chi connectivity index (χ3n) is 5.89. The summed E-state index contributed by atoms with van der Waals surface area (Å²) in [4.78, 5) is 33.1. The van der Waals surface area contributed by atoms with E-state index in [1.54, 1.807) is 17.2 Å². The first-order chi connectivity index (χ1) is 15.5. The quantitative estimate of drug-likeness (QED) is 0.585. The summed E-state index contributed by atoms with van der Waals surface area (Å²) in [5.74, 6) is 0.0334. The van der Waals surface area contributed by atoms with Gasteiger partial charge in [-0.1, -0.05) is 24.3 Å². The van der Waals surface area contributed by atoms with Crippen LogP contribution < -0.4 is 0 Å². The molecule has 1 fully saturated rings. The number of piperazine rings is 1. The number of benzene rings is 1. The molecule has 0 aliphatic carbocycles. The third-order valence-corrected chi connectivity index (χ3v) is 5.89. The first-order valence-corrected chi connectivity index (χ1v) is 10.9. The molecule has 2 amide bonds. The van der Waals surface area contributed by atoms with Crippen molar-refractivity contribution in [3.63, 3.8) is 0 Å². The van der Waals surface area contributed by atoms with Crippen molar-refractivity contribution >= 4 is 17.9 Å². The molecule has 0 radical (unpaired) electrons. The van der Waals surface area contributed by atoms with Crippen LogP contribution in [-0.2, 0) is 16.0 Å². The maximum Gasteiger partial charge on any atom is 0.246 e.